The third kappa shape index (κ3) is 6.95. The summed E-state index contributed by atoms with van der Waals surface area (Å²) in [5, 5.41) is 0. The minimum atomic E-state index is -1.61. The smallest absolute Gasteiger partial charge is 0.325 e. The number of carbonyl (C=O) groups excluding carboxylic acids is 2. The molecule has 0 N–H and O–H groups in total. The fraction of sp³-hybridized carbons (Fsp3) is 0.200. The highest BCUT2D eigenvalue weighted by Crippen LogP contribution is 2.34. The van der Waals surface area contributed by atoms with Gasteiger partial charge in [-0.15, -0.1) is 6.58 Å². The van der Waals surface area contributed by atoms with Crippen molar-refractivity contribution in [1.82, 2.24) is 0 Å². The van der Waals surface area contributed by atoms with Gasteiger partial charge in [-0.3, -0.25) is 9.59 Å². The van der Waals surface area contributed by atoms with Gasteiger partial charge in [0.25, 0.3) is 0 Å². The third-order valence-corrected chi connectivity index (χ3v) is 5.21. The van der Waals surface area contributed by atoms with Crippen molar-refractivity contribution in [3.63, 3.8) is 0 Å². The Morgan fingerprint density at radius 2 is 1.21 bits per heavy atom. The van der Waals surface area contributed by atoms with Crippen molar-refractivity contribution in [2.75, 3.05) is 0 Å². The second-order valence-electron chi connectivity index (χ2n) is 8.18. The number of allylic oxidation sites excluding steroid dienone is 1. The zero-order chi connectivity index (χ0) is 24.2. The molecule has 3 aromatic rings. The lowest BCUT2D eigenvalue weighted by atomic mass is 9.79. The van der Waals surface area contributed by atoms with E-state index in [-0.39, 0.29) is 26.1 Å². The maximum atomic E-state index is 13.4. The van der Waals surface area contributed by atoms with E-state index in [4.69, 9.17) is 9.47 Å². The van der Waals surface area contributed by atoms with Crippen molar-refractivity contribution in [3.8, 4) is 11.8 Å². The SMILES string of the molecule is C=C(C)CC(CC#Cc1ccccc1)(C(=O)OCc1ccccc1)C(=O)OCc1ccccc1. The predicted molar refractivity (Wildman–Crippen MR) is 132 cm³/mol. The van der Waals surface area contributed by atoms with E-state index in [9.17, 15) is 9.59 Å². The van der Waals surface area contributed by atoms with Gasteiger partial charge in [-0.1, -0.05) is 96.3 Å². The number of esters is 2. The van der Waals surface area contributed by atoms with E-state index in [1.807, 2.05) is 91.0 Å². The summed E-state index contributed by atoms with van der Waals surface area (Å²) in [4.78, 5) is 26.9. The van der Waals surface area contributed by atoms with Crippen LogP contribution in [0.25, 0.3) is 0 Å². The monoisotopic (exact) mass is 452 g/mol. The Labute approximate surface area is 201 Å². The van der Waals surface area contributed by atoms with Crippen LogP contribution in [0.1, 0.15) is 36.5 Å². The quantitative estimate of drug-likeness (QED) is 0.176. The zero-order valence-corrected chi connectivity index (χ0v) is 19.3. The highest BCUT2D eigenvalue weighted by Gasteiger charge is 2.48. The van der Waals surface area contributed by atoms with Crippen molar-refractivity contribution in [2.45, 2.75) is 33.0 Å². The Bertz CT molecular complexity index is 1100. The highest BCUT2D eigenvalue weighted by molar-refractivity contribution is 6.00. The molecule has 0 unspecified atom stereocenters. The van der Waals surface area contributed by atoms with Crippen LogP contribution in [0.4, 0.5) is 0 Å². The van der Waals surface area contributed by atoms with Gasteiger partial charge in [-0.2, -0.15) is 0 Å². The molecule has 0 heterocycles. The fourth-order valence-corrected chi connectivity index (χ4v) is 3.49. The van der Waals surface area contributed by atoms with Gasteiger partial charge < -0.3 is 9.47 Å². The maximum Gasteiger partial charge on any atom is 0.325 e. The Morgan fingerprint density at radius 1 is 0.765 bits per heavy atom. The lowest BCUT2D eigenvalue weighted by Gasteiger charge is -2.28. The summed E-state index contributed by atoms with van der Waals surface area (Å²) in [6, 6.07) is 28.1. The second-order valence-corrected chi connectivity index (χ2v) is 8.18. The molecule has 0 amide bonds. The lowest BCUT2D eigenvalue weighted by molar-refractivity contribution is -0.174. The van der Waals surface area contributed by atoms with Gasteiger partial charge in [-0.25, -0.2) is 0 Å². The Balaban J connectivity index is 1.87. The van der Waals surface area contributed by atoms with E-state index < -0.39 is 17.4 Å². The lowest BCUT2D eigenvalue weighted by Crippen LogP contribution is -2.42. The van der Waals surface area contributed by atoms with Gasteiger partial charge in [0, 0.05) is 12.0 Å². The molecule has 0 aromatic heterocycles. The normalized spacial score (nSPS) is 10.5. The molecule has 0 spiro atoms. The number of carbonyl (C=O) groups is 2. The molecule has 0 bridgehead atoms. The van der Waals surface area contributed by atoms with Crippen LogP contribution < -0.4 is 0 Å². The summed E-state index contributed by atoms with van der Waals surface area (Å²) in [7, 11) is 0. The van der Waals surface area contributed by atoms with Gasteiger partial charge in [-0.05, 0) is 36.6 Å². The molecule has 0 aliphatic rings. The van der Waals surface area contributed by atoms with E-state index >= 15 is 0 Å². The molecule has 34 heavy (non-hydrogen) atoms. The highest BCUT2D eigenvalue weighted by atomic mass is 16.6. The molecule has 3 rings (SSSR count). The summed E-state index contributed by atoms with van der Waals surface area (Å²) in [6.45, 7) is 5.82. The summed E-state index contributed by atoms with van der Waals surface area (Å²) in [6.07, 6.45) is 0.0354. The molecule has 0 aliphatic carbocycles. The molecular weight excluding hydrogens is 424 g/mol. The number of ether oxygens (including phenoxy) is 2. The molecule has 3 aromatic carbocycles. The molecule has 0 atom stereocenters. The van der Waals surface area contributed by atoms with E-state index in [2.05, 4.69) is 18.4 Å². The zero-order valence-electron chi connectivity index (χ0n) is 19.3. The number of hydrogen-bond acceptors (Lipinski definition) is 4. The Kier molecular flexibility index (Phi) is 8.82. The molecule has 4 nitrogen and oxygen atoms in total. The van der Waals surface area contributed by atoms with Crippen LogP contribution in [0.15, 0.2) is 103 Å². The van der Waals surface area contributed by atoms with Crippen LogP contribution >= 0.6 is 0 Å². The van der Waals surface area contributed by atoms with Crippen molar-refractivity contribution in [3.05, 3.63) is 120 Å². The van der Waals surface area contributed by atoms with Crippen molar-refractivity contribution < 1.29 is 19.1 Å². The summed E-state index contributed by atoms with van der Waals surface area (Å²) < 4.78 is 11.2. The van der Waals surface area contributed by atoms with Crippen LogP contribution in [0.5, 0.6) is 0 Å². The molecule has 0 saturated carbocycles. The fourth-order valence-electron chi connectivity index (χ4n) is 3.49. The summed E-state index contributed by atoms with van der Waals surface area (Å²) in [5.74, 6) is 4.71. The maximum absolute atomic E-state index is 13.4. The number of benzene rings is 3. The number of rotatable bonds is 9. The molecule has 0 aliphatic heterocycles. The molecule has 4 heteroatoms. The minimum Gasteiger partial charge on any atom is -0.460 e. The number of hydrogen-bond donors (Lipinski definition) is 0. The first-order valence-electron chi connectivity index (χ1n) is 11.1. The van der Waals surface area contributed by atoms with Crippen LogP contribution in [0, 0.1) is 17.3 Å². The molecule has 172 valence electrons. The van der Waals surface area contributed by atoms with E-state index in [0.29, 0.717) is 5.57 Å². The van der Waals surface area contributed by atoms with Crippen molar-refractivity contribution >= 4 is 11.9 Å². The Morgan fingerprint density at radius 3 is 1.65 bits per heavy atom. The van der Waals surface area contributed by atoms with Crippen molar-refractivity contribution in [2.24, 2.45) is 5.41 Å². The van der Waals surface area contributed by atoms with Crippen LogP contribution in [-0.4, -0.2) is 11.9 Å². The molecule has 0 saturated heterocycles. The largest absolute Gasteiger partial charge is 0.460 e. The molecule has 0 fully saturated rings. The van der Waals surface area contributed by atoms with Crippen molar-refractivity contribution in [1.29, 1.82) is 0 Å². The van der Waals surface area contributed by atoms with Crippen LogP contribution in [0.3, 0.4) is 0 Å². The third-order valence-electron chi connectivity index (χ3n) is 5.21. The van der Waals surface area contributed by atoms with E-state index in [0.717, 1.165) is 16.7 Å². The van der Waals surface area contributed by atoms with Gasteiger partial charge in [0.1, 0.15) is 13.2 Å². The average Bonchev–Trinajstić information content (AvgIpc) is 2.86. The minimum absolute atomic E-state index is 0.0456. The van der Waals surface area contributed by atoms with Gasteiger partial charge >= 0.3 is 11.9 Å². The first-order valence-corrected chi connectivity index (χ1v) is 11.1. The van der Waals surface area contributed by atoms with E-state index in [1.165, 1.54) is 0 Å². The molecule has 0 radical (unpaired) electrons. The summed E-state index contributed by atoms with van der Waals surface area (Å²) in [5.41, 5.74) is 1.50. The van der Waals surface area contributed by atoms with Gasteiger partial charge in [0.15, 0.2) is 5.41 Å². The van der Waals surface area contributed by atoms with Gasteiger partial charge in [0.05, 0.1) is 0 Å². The predicted octanol–water partition coefficient (Wildman–Crippen LogP) is 5.87. The van der Waals surface area contributed by atoms with Crippen LogP contribution in [0.2, 0.25) is 0 Å². The second kappa shape index (κ2) is 12.2. The molecular formula is C30H28O4. The Hall–Kier alpha value is -4.10. The summed E-state index contributed by atoms with van der Waals surface area (Å²) >= 11 is 0. The average molecular weight is 453 g/mol. The van der Waals surface area contributed by atoms with Crippen LogP contribution in [-0.2, 0) is 32.3 Å². The standard InChI is InChI=1S/C30H28O4/c1-24(2)21-30(20-12-19-25-13-6-3-7-14-25,28(31)33-22-26-15-8-4-9-16-26)29(32)34-23-27-17-10-5-11-18-27/h3-11,13-18H,1,20-23H2,2H3. The van der Waals surface area contributed by atoms with Gasteiger partial charge in [0.2, 0.25) is 0 Å². The topological polar surface area (TPSA) is 52.6 Å². The van der Waals surface area contributed by atoms with E-state index in [1.54, 1.807) is 6.92 Å². The first kappa shape index (κ1) is 24.5. The first-order chi connectivity index (χ1) is 16.5.